The molecule has 0 spiro atoms. The van der Waals surface area contributed by atoms with Crippen LogP contribution in [0.3, 0.4) is 0 Å². The van der Waals surface area contributed by atoms with Crippen LogP contribution in [0.15, 0.2) is 43.0 Å². The molecule has 0 heterocycles. The Labute approximate surface area is 145 Å². The van der Waals surface area contributed by atoms with Crippen molar-refractivity contribution < 1.29 is 4.39 Å². The first-order valence-corrected chi connectivity index (χ1v) is 9.54. The summed E-state index contributed by atoms with van der Waals surface area (Å²) in [6.07, 6.45) is 11.4. The van der Waals surface area contributed by atoms with Gasteiger partial charge in [-0.2, -0.15) is 0 Å². The van der Waals surface area contributed by atoms with Crippen LogP contribution >= 0.6 is 0 Å². The Morgan fingerprint density at radius 3 is 2.62 bits per heavy atom. The number of benzene rings is 2. The van der Waals surface area contributed by atoms with E-state index in [0.29, 0.717) is 5.92 Å². The van der Waals surface area contributed by atoms with E-state index < -0.39 is 0 Å². The quantitative estimate of drug-likeness (QED) is 0.494. The summed E-state index contributed by atoms with van der Waals surface area (Å²) in [7, 11) is 0. The Bertz CT molecular complexity index is 692. The van der Waals surface area contributed by atoms with Crippen molar-refractivity contribution in [1.82, 2.24) is 0 Å². The zero-order valence-electron chi connectivity index (χ0n) is 14.9. The molecule has 2 aromatic rings. The third-order valence-electron chi connectivity index (χ3n) is 5.67. The Balaban J connectivity index is 1.75. The van der Waals surface area contributed by atoms with Crippen molar-refractivity contribution in [2.75, 3.05) is 0 Å². The number of hydrogen-bond acceptors (Lipinski definition) is 0. The lowest BCUT2D eigenvalue weighted by Gasteiger charge is -2.28. The fourth-order valence-corrected chi connectivity index (χ4v) is 4.21. The van der Waals surface area contributed by atoms with Crippen molar-refractivity contribution >= 4 is 10.8 Å². The van der Waals surface area contributed by atoms with Crippen LogP contribution in [0.25, 0.3) is 10.8 Å². The monoisotopic (exact) mass is 324 g/mol. The largest absolute Gasteiger partial charge is 0.206 e. The van der Waals surface area contributed by atoms with E-state index in [1.54, 1.807) is 0 Å². The average Bonchev–Trinajstić information content (AvgIpc) is 2.62. The summed E-state index contributed by atoms with van der Waals surface area (Å²) in [6, 6.07) is 10.5. The number of rotatable bonds is 6. The summed E-state index contributed by atoms with van der Waals surface area (Å²) >= 11 is 0. The van der Waals surface area contributed by atoms with Crippen molar-refractivity contribution in [2.45, 2.75) is 64.2 Å². The molecule has 0 amide bonds. The summed E-state index contributed by atoms with van der Waals surface area (Å²) in [5.74, 6) is 1.50. The normalized spacial score (nSPS) is 21.1. The molecule has 0 bridgehead atoms. The summed E-state index contributed by atoms with van der Waals surface area (Å²) in [5, 5.41) is 1.84. The van der Waals surface area contributed by atoms with Crippen LogP contribution in [0.2, 0.25) is 0 Å². The van der Waals surface area contributed by atoms with Gasteiger partial charge in [-0.05, 0) is 73.3 Å². The molecule has 1 saturated carbocycles. The third kappa shape index (κ3) is 3.71. The Morgan fingerprint density at radius 1 is 1.12 bits per heavy atom. The van der Waals surface area contributed by atoms with Gasteiger partial charge in [-0.1, -0.05) is 49.8 Å². The van der Waals surface area contributed by atoms with Crippen molar-refractivity contribution in [2.24, 2.45) is 5.92 Å². The minimum Gasteiger partial charge on any atom is -0.206 e. The van der Waals surface area contributed by atoms with Gasteiger partial charge in [-0.25, -0.2) is 4.39 Å². The molecule has 1 heteroatoms. The number of hydrogen-bond donors (Lipinski definition) is 0. The number of halogens is 1. The van der Waals surface area contributed by atoms with Crippen LogP contribution in [0.4, 0.5) is 4.39 Å². The van der Waals surface area contributed by atoms with Crippen LogP contribution in [-0.2, 0) is 6.42 Å². The second-order valence-corrected chi connectivity index (χ2v) is 7.35. The molecule has 0 aliphatic heterocycles. The highest BCUT2D eigenvalue weighted by molar-refractivity contribution is 5.84. The standard InChI is InChI=1S/C23H29F/c1-3-5-7-17-8-10-18(11-9-17)20-14-15-22-21(16-20)13-12-19(6-4-2)23(22)24/h3,12-18H,1,4-11H2,2H3. The van der Waals surface area contributed by atoms with E-state index in [2.05, 4.69) is 31.7 Å². The van der Waals surface area contributed by atoms with Gasteiger partial charge in [0, 0.05) is 5.39 Å². The minimum absolute atomic E-state index is 0.0194. The van der Waals surface area contributed by atoms with Crippen LogP contribution in [0.5, 0.6) is 0 Å². The first-order chi connectivity index (χ1) is 11.7. The van der Waals surface area contributed by atoms with Gasteiger partial charge in [0.15, 0.2) is 0 Å². The maximum absolute atomic E-state index is 14.6. The van der Waals surface area contributed by atoms with Gasteiger partial charge < -0.3 is 0 Å². The van der Waals surface area contributed by atoms with Crippen molar-refractivity contribution in [3.05, 3.63) is 59.9 Å². The summed E-state index contributed by atoms with van der Waals surface area (Å²) < 4.78 is 14.6. The third-order valence-corrected chi connectivity index (χ3v) is 5.67. The second-order valence-electron chi connectivity index (χ2n) is 7.35. The van der Waals surface area contributed by atoms with E-state index in [1.807, 2.05) is 18.2 Å². The smallest absolute Gasteiger partial charge is 0.134 e. The molecule has 128 valence electrons. The molecule has 1 aliphatic rings. The highest BCUT2D eigenvalue weighted by Crippen LogP contribution is 2.38. The molecule has 0 unspecified atom stereocenters. The van der Waals surface area contributed by atoms with Crippen molar-refractivity contribution in [3.8, 4) is 0 Å². The van der Waals surface area contributed by atoms with Gasteiger partial charge in [-0.3, -0.25) is 0 Å². The zero-order valence-corrected chi connectivity index (χ0v) is 14.9. The Kier molecular flexibility index (Phi) is 5.71. The summed E-state index contributed by atoms with van der Waals surface area (Å²) in [6.45, 7) is 5.93. The molecule has 1 fully saturated rings. The first kappa shape index (κ1) is 17.2. The maximum Gasteiger partial charge on any atom is 0.134 e. The van der Waals surface area contributed by atoms with Gasteiger partial charge in [0.1, 0.15) is 5.82 Å². The molecular weight excluding hydrogens is 295 g/mol. The number of aryl methyl sites for hydroxylation is 1. The first-order valence-electron chi connectivity index (χ1n) is 9.54. The lowest BCUT2D eigenvalue weighted by atomic mass is 9.77. The average molecular weight is 324 g/mol. The fourth-order valence-electron chi connectivity index (χ4n) is 4.21. The molecule has 0 radical (unpaired) electrons. The van der Waals surface area contributed by atoms with E-state index in [9.17, 15) is 4.39 Å². The number of fused-ring (bicyclic) bond motifs is 1. The molecule has 0 atom stereocenters. The lowest BCUT2D eigenvalue weighted by Crippen LogP contribution is -2.13. The summed E-state index contributed by atoms with van der Waals surface area (Å²) in [5.41, 5.74) is 2.24. The highest BCUT2D eigenvalue weighted by atomic mass is 19.1. The Hall–Kier alpha value is -1.63. The minimum atomic E-state index is -0.0194. The molecule has 0 saturated heterocycles. The molecule has 0 N–H and O–H groups in total. The molecule has 0 aromatic heterocycles. The molecule has 3 rings (SSSR count). The number of allylic oxidation sites excluding steroid dienone is 1. The molecule has 2 aromatic carbocycles. The fraction of sp³-hybridized carbons (Fsp3) is 0.478. The van der Waals surface area contributed by atoms with Crippen LogP contribution in [0, 0.1) is 11.7 Å². The predicted octanol–water partition coefficient (Wildman–Crippen LogP) is 7.17. The highest BCUT2D eigenvalue weighted by Gasteiger charge is 2.22. The molecule has 24 heavy (non-hydrogen) atoms. The topological polar surface area (TPSA) is 0 Å². The molecular formula is C23H29F. The zero-order chi connectivity index (χ0) is 16.9. The predicted molar refractivity (Wildman–Crippen MR) is 102 cm³/mol. The SMILES string of the molecule is C=CCCC1CCC(c2ccc3c(F)c(CCC)ccc3c2)CC1. The summed E-state index contributed by atoms with van der Waals surface area (Å²) in [4.78, 5) is 0. The second kappa shape index (κ2) is 7.96. The van der Waals surface area contributed by atoms with E-state index in [-0.39, 0.29) is 5.82 Å². The lowest BCUT2D eigenvalue weighted by molar-refractivity contribution is 0.312. The maximum atomic E-state index is 14.6. The van der Waals surface area contributed by atoms with Crippen molar-refractivity contribution in [3.63, 3.8) is 0 Å². The Morgan fingerprint density at radius 2 is 1.92 bits per heavy atom. The van der Waals surface area contributed by atoms with Crippen LogP contribution < -0.4 is 0 Å². The van der Waals surface area contributed by atoms with Crippen LogP contribution in [-0.4, -0.2) is 0 Å². The van der Waals surface area contributed by atoms with Gasteiger partial charge in [0.05, 0.1) is 0 Å². The molecule has 1 aliphatic carbocycles. The van der Waals surface area contributed by atoms with E-state index in [0.717, 1.165) is 41.5 Å². The molecule has 0 nitrogen and oxygen atoms in total. The van der Waals surface area contributed by atoms with E-state index >= 15 is 0 Å². The van der Waals surface area contributed by atoms with Crippen molar-refractivity contribution in [1.29, 1.82) is 0 Å². The van der Waals surface area contributed by atoms with E-state index in [1.165, 1.54) is 37.7 Å². The van der Waals surface area contributed by atoms with Gasteiger partial charge in [0.2, 0.25) is 0 Å². The van der Waals surface area contributed by atoms with Gasteiger partial charge in [-0.15, -0.1) is 6.58 Å². The van der Waals surface area contributed by atoms with E-state index in [4.69, 9.17) is 0 Å². The van der Waals surface area contributed by atoms with Gasteiger partial charge >= 0.3 is 0 Å². The van der Waals surface area contributed by atoms with Crippen LogP contribution in [0.1, 0.15) is 68.9 Å². The van der Waals surface area contributed by atoms with Gasteiger partial charge in [0.25, 0.3) is 0 Å².